The molecule has 0 amide bonds. The lowest BCUT2D eigenvalue weighted by atomic mass is 9.95. The van der Waals surface area contributed by atoms with Gasteiger partial charge < -0.3 is 15.9 Å². The highest BCUT2D eigenvalue weighted by Crippen LogP contribution is 2.29. The first-order valence-corrected chi connectivity index (χ1v) is 6.42. The SMILES string of the molecule is Cc1ccccc1C(C(C)N)N1CC(O)C(O)C1. The number of benzene rings is 1. The third-order valence-electron chi connectivity index (χ3n) is 3.69. The molecule has 4 heteroatoms. The van der Waals surface area contributed by atoms with Crippen LogP contribution in [0.3, 0.4) is 0 Å². The van der Waals surface area contributed by atoms with Gasteiger partial charge in [-0.2, -0.15) is 0 Å². The van der Waals surface area contributed by atoms with E-state index in [2.05, 4.69) is 24.0 Å². The summed E-state index contributed by atoms with van der Waals surface area (Å²) in [4.78, 5) is 2.07. The largest absolute Gasteiger partial charge is 0.389 e. The van der Waals surface area contributed by atoms with Crippen LogP contribution >= 0.6 is 0 Å². The summed E-state index contributed by atoms with van der Waals surface area (Å²) in [7, 11) is 0. The van der Waals surface area contributed by atoms with Crippen LogP contribution in [-0.2, 0) is 0 Å². The molecule has 1 fully saturated rings. The van der Waals surface area contributed by atoms with Crippen molar-refractivity contribution >= 4 is 0 Å². The Balaban J connectivity index is 2.27. The predicted molar refractivity (Wildman–Crippen MR) is 71.2 cm³/mol. The Bertz CT molecular complexity index is 399. The van der Waals surface area contributed by atoms with Crippen LogP contribution in [0.1, 0.15) is 24.1 Å². The van der Waals surface area contributed by atoms with E-state index in [1.807, 2.05) is 19.1 Å². The minimum Gasteiger partial charge on any atom is -0.389 e. The second kappa shape index (κ2) is 5.36. The fourth-order valence-corrected chi connectivity index (χ4v) is 2.76. The minimum absolute atomic E-state index is 0.0398. The zero-order valence-electron chi connectivity index (χ0n) is 11.0. The van der Waals surface area contributed by atoms with Crippen molar-refractivity contribution < 1.29 is 10.2 Å². The first-order chi connectivity index (χ1) is 8.50. The standard InChI is InChI=1S/C14H22N2O2/c1-9-5-3-4-6-11(9)14(10(2)15)16-7-12(17)13(18)8-16/h3-6,10,12-14,17-18H,7-8,15H2,1-2H3. The molecule has 1 aliphatic heterocycles. The molecule has 0 aliphatic carbocycles. The number of aliphatic hydroxyl groups excluding tert-OH is 2. The molecule has 18 heavy (non-hydrogen) atoms. The maximum Gasteiger partial charge on any atom is 0.0938 e. The van der Waals surface area contributed by atoms with Crippen molar-refractivity contribution in [3.63, 3.8) is 0 Å². The molecule has 1 saturated heterocycles. The number of likely N-dealkylation sites (tertiary alicyclic amines) is 1. The van der Waals surface area contributed by atoms with Gasteiger partial charge >= 0.3 is 0 Å². The number of hydrogen-bond acceptors (Lipinski definition) is 4. The average molecular weight is 250 g/mol. The lowest BCUT2D eigenvalue weighted by Gasteiger charge is -2.32. The molecule has 4 unspecified atom stereocenters. The number of rotatable bonds is 3. The van der Waals surface area contributed by atoms with Crippen LogP contribution in [-0.4, -0.2) is 46.5 Å². The van der Waals surface area contributed by atoms with Crippen LogP contribution in [0, 0.1) is 6.92 Å². The number of aliphatic hydroxyl groups is 2. The molecule has 0 bridgehead atoms. The van der Waals surface area contributed by atoms with Crippen molar-refractivity contribution in [3.05, 3.63) is 35.4 Å². The number of nitrogens with zero attached hydrogens (tertiary/aromatic N) is 1. The summed E-state index contributed by atoms with van der Waals surface area (Å²) in [6, 6.07) is 8.13. The molecule has 4 atom stereocenters. The average Bonchev–Trinajstić information content (AvgIpc) is 2.61. The van der Waals surface area contributed by atoms with E-state index in [0.29, 0.717) is 13.1 Å². The van der Waals surface area contributed by atoms with Gasteiger partial charge in [0.05, 0.1) is 18.2 Å². The highest BCUT2D eigenvalue weighted by Gasteiger charge is 2.36. The molecule has 1 heterocycles. The summed E-state index contributed by atoms with van der Waals surface area (Å²) in [6.07, 6.45) is -1.34. The molecular formula is C14H22N2O2. The van der Waals surface area contributed by atoms with Gasteiger partial charge in [-0.15, -0.1) is 0 Å². The molecule has 0 aromatic heterocycles. The monoisotopic (exact) mass is 250 g/mol. The molecule has 1 aromatic carbocycles. The van der Waals surface area contributed by atoms with Gasteiger partial charge in [0.1, 0.15) is 0 Å². The zero-order chi connectivity index (χ0) is 13.3. The number of β-amino-alcohol motifs (C(OH)–C–C–N with tert-alkyl or cyclic N) is 2. The van der Waals surface area contributed by atoms with E-state index in [-0.39, 0.29) is 12.1 Å². The van der Waals surface area contributed by atoms with Crippen LogP contribution in [0.2, 0.25) is 0 Å². The number of nitrogens with two attached hydrogens (primary N) is 1. The molecule has 1 aromatic rings. The van der Waals surface area contributed by atoms with Gasteiger partial charge in [0.15, 0.2) is 0 Å². The van der Waals surface area contributed by atoms with E-state index in [0.717, 1.165) is 0 Å². The van der Waals surface area contributed by atoms with Gasteiger partial charge in [-0.05, 0) is 25.0 Å². The van der Waals surface area contributed by atoms with E-state index in [4.69, 9.17) is 5.73 Å². The van der Waals surface area contributed by atoms with E-state index in [1.165, 1.54) is 11.1 Å². The molecular weight excluding hydrogens is 228 g/mol. The van der Waals surface area contributed by atoms with Crippen LogP contribution in [0.4, 0.5) is 0 Å². The lowest BCUT2D eigenvalue weighted by Crippen LogP contribution is -2.39. The van der Waals surface area contributed by atoms with Gasteiger partial charge in [-0.1, -0.05) is 24.3 Å². The first-order valence-electron chi connectivity index (χ1n) is 6.42. The molecule has 4 N–H and O–H groups in total. The van der Waals surface area contributed by atoms with Crippen molar-refractivity contribution in [2.24, 2.45) is 5.73 Å². The van der Waals surface area contributed by atoms with Crippen molar-refractivity contribution in [3.8, 4) is 0 Å². The van der Waals surface area contributed by atoms with E-state index in [1.54, 1.807) is 0 Å². The van der Waals surface area contributed by atoms with Crippen LogP contribution in [0.5, 0.6) is 0 Å². The molecule has 4 nitrogen and oxygen atoms in total. The van der Waals surface area contributed by atoms with Gasteiger partial charge in [0.2, 0.25) is 0 Å². The van der Waals surface area contributed by atoms with Gasteiger partial charge in [-0.3, -0.25) is 4.90 Å². The topological polar surface area (TPSA) is 69.7 Å². The zero-order valence-corrected chi connectivity index (χ0v) is 11.0. The molecule has 0 radical (unpaired) electrons. The summed E-state index contributed by atoms with van der Waals surface area (Å²) in [5, 5.41) is 19.4. The Kier molecular flexibility index (Phi) is 4.02. The molecule has 2 rings (SSSR count). The summed E-state index contributed by atoms with van der Waals surface area (Å²) >= 11 is 0. The highest BCUT2D eigenvalue weighted by atomic mass is 16.3. The Hall–Kier alpha value is -0.940. The number of aryl methyl sites for hydroxylation is 1. The second-order valence-electron chi connectivity index (χ2n) is 5.25. The Morgan fingerprint density at radius 3 is 2.28 bits per heavy atom. The van der Waals surface area contributed by atoms with Crippen molar-refractivity contribution in [1.29, 1.82) is 0 Å². The summed E-state index contributed by atoms with van der Waals surface area (Å²) in [5.74, 6) is 0. The second-order valence-corrected chi connectivity index (χ2v) is 5.25. The molecule has 0 spiro atoms. The fourth-order valence-electron chi connectivity index (χ4n) is 2.76. The van der Waals surface area contributed by atoms with Gasteiger partial charge in [-0.25, -0.2) is 0 Å². The Labute approximate surface area is 108 Å². The normalized spacial score (nSPS) is 28.3. The molecule has 0 saturated carbocycles. The minimum atomic E-state index is -0.671. The van der Waals surface area contributed by atoms with Crippen molar-refractivity contribution in [2.75, 3.05) is 13.1 Å². The van der Waals surface area contributed by atoms with E-state index < -0.39 is 12.2 Å². The smallest absolute Gasteiger partial charge is 0.0938 e. The van der Waals surface area contributed by atoms with Crippen molar-refractivity contribution in [1.82, 2.24) is 4.90 Å². The molecule has 100 valence electrons. The third-order valence-corrected chi connectivity index (χ3v) is 3.69. The Morgan fingerprint density at radius 2 is 1.78 bits per heavy atom. The third kappa shape index (κ3) is 2.57. The van der Waals surface area contributed by atoms with Crippen molar-refractivity contribution in [2.45, 2.75) is 38.1 Å². The van der Waals surface area contributed by atoms with E-state index >= 15 is 0 Å². The predicted octanol–water partition coefficient (Wildman–Crippen LogP) is 0.421. The maximum absolute atomic E-state index is 9.68. The van der Waals surface area contributed by atoms with Crippen LogP contribution in [0.25, 0.3) is 0 Å². The molecule has 1 aliphatic rings. The van der Waals surface area contributed by atoms with Crippen LogP contribution < -0.4 is 5.73 Å². The first kappa shape index (κ1) is 13.5. The van der Waals surface area contributed by atoms with Gasteiger partial charge in [0, 0.05) is 19.1 Å². The van der Waals surface area contributed by atoms with E-state index in [9.17, 15) is 10.2 Å². The quantitative estimate of drug-likeness (QED) is 0.727. The highest BCUT2D eigenvalue weighted by molar-refractivity contribution is 5.30. The Morgan fingerprint density at radius 1 is 1.22 bits per heavy atom. The number of hydrogen-bond donors (Lipinski definition) is 3. The maximum atomic E-state index is 9.68. The summed E-state index contributed by atoms with van der Waals surface area (Å²) in [6.45, 7) is 4.98. The van der Waals surface area contributed by atoms with Crippen LogP contribution in [0.15, 0.2) is 24.3 Å². The van der Waals surface area contributed by atoms with Gasteiger partial charge in [0.25, 0.3) is 0 Å². The summed E-state index contributed by atoms with van der Waals surface area (Å²) in [5.41, 5.74) is 8.47. The lowest BCUT2D eigenvalue weighted by molar-refractivity contribution is 0.0572. The fraction of sp³-hybridized carbons (Fsp3) is 0.571. The summed E-state index contributed by atoms with van der Waals surface area (Å²) < 4.78 is 0.